The molecule has 106 valence electrons. The van der Waals surface area contributed by atoms with Gasteiger partial charge in [0.15, 0.2) is 0 Å². The molecule has 19 heavy (non-hydrogen) atoms. The Morgan fingerprint density at radius 2 is 2.32 bits per heavy atom. The van der Waals surface area contributed by atoms with Crippen molar-refractivity contribution in [2.24, 2.45) is 0 Å². The van der Waals surface area contributed by atoms with Crippen LogP contribution in [-0.2, 0) is 11.3 Å². The Kier molecular flexibility index (Phi) is 6.14. The van der Waals surface area contributed by atoms with E-state index in [4.69, 9.17) is 9.47 Å². The average molecular weight is 328 g/mol. The maximum Gasteiger partial charge on any atom is 0.119 e. The predicted octanol–water partition coefficient (Wildman–Crippen LogP) is 3.51. The summed E-state index contributed by atoms with van der Waals surface area (Å²) in [5, 5.41) is 3.48. The fraction of sp³-hybridized carbons (Fsp3) is 0.600. The Bertz CT molecular complexity index is 392. The Labute approximate surface area is 123 Å². The molecule has 1 heterocycles. The summed E-state index contributed by atoms with van der Waals surface area (Å²) in [5.41, 5.74) is 1.23. The normalized spacial score (nSPS) is 19.4. The lowest BCUT2D eigenvalue weighted by Gasteiger charge is -2.22. The predicted molar refractivity (Wildman–Crippen MR) is 80.6 cm³/mol. The molecule has 3 nitrogen and oxygen atoms in total. The summed E-state index contributed by atoms with van der Waals surface area (Å²) < 4.78 is 12.1. The van der Waals surface area contributed by atoms with E-state index in [1.54, 1.807) is 7.11 Å². The van der Waals surface area contributed by atoms with Crippen molar-refractivity contribution in [1.29, 1.82) is 0 Å². The van der Waals surface area contributed by atoms with E-state index in [9.17, 15) is 0 Å². The van der Waals surface area contributed by atoms with Crippen LogP contribution >= 0.6 is 15.9 Å². The molecule has 1 aromatic rings. The molecule has 0 amide bonds. The third-order valence-corrected chi connectivity index (χ3v) is 4.26. The Morgan fingerprint density at radius 3 is 3.05 bits per heavy atom. The van der Waals surface area contributed by atoms with Gasteiger partial charge in [-0.05, 0) is 56.0 Å². The van der Waals surface area contributed by atoms with Crippen molar-refractivity contribution >= 4 is 15.9 Å². The van der Waals surface area contributed by atoms with Gasteiger partial charge >= 0.3 is 0 Å². The summed E-state index contributed by atoms with van der Waals surface area (Å²) in [6.45, 7) is 2.78. The Hall–Kier alpha value is -0.580. The minimum atomic E-state index is 0.454. The smallest absolute Gasteiger partial charge is 0.119 e. The van der Waals surface area contributed by atoms with E-state index in [2.05, 4.69) is 27.3 Å². The van der Waals surface area contributed by atoms with Crippen LogP contribution in [0.2, 0.25) is 0 Å². The van der Waals surface area contributed by atoms with Crippen LogP contribution in [-0.4, -0.2) is 26.4 Å². The van der Waals surface area contributed by atoms with Crippen molar-refractivity contribution in [2.75, 3.05) is 20.3 Å². The molecule has 1 saturated heterocycles. The molecule has 0 radical (unpaired) electrons. The van der Waals surface area contributed by atoms with Gasteiger partial charge in [0.2, 0.25) is 0 Å². The summed E-state index contributed by atoms with van der Waals surface area (Å²) in [7, 11) is 1.70. The molecule has 0 spiro atoms. The zero-order chi connectivity index (χ0) is 13.5. The molecule has 1 aliphatic heterocycles. The Morgan fingerprint density at radius 1 is 1.42 bits per heavy atom. The lowest BCUT2D eigenvalue weighted by Crippen LogP contribution is -2.25. The van der Waals surface area contributed by atoms with Crippen LogP contribution in [0.4, 0.5) is 0 Å². The number of methoxy groups -OCH3 is 1. The number of halogens is 1. The van der Waals surface area contributed by atoms with E-state index in [0.717, 1.165) is 36.3 Å². The number of nitrogens with one attached hydrogen (secondary N) is 1. The van der Waals surface area contributed by atoms with E-state index >= 15 is 0 Å². The fourth-order valence-electron chi connectivity index (χ4n) is 2.33. The second kappa shape index (κ2) is 7.88. The highest BCUT2D eigenvalue weighted by molar-refractivity contribution is 9.10. The molecule has 4 heteroatoms. The summed E-state index contributed by atoms with van der Waals surface area (Å²) in [6.07, 6.45) is 5.30. The molecule has 1 aromatic carbocycles. The minimum absolute atomic E-state index is 0.454. The average Bonchev–Trinajstić information content (AvgIpc) is 2.46. The van der Waals surface area contributed by atoms with Gasteiger partial charge in [-0.25, -0.2) is 0 Å². The summed E-state index contributed by atoms with van der Waals surface area (Å²) in [4.78, 5) is 0. The van der Waals surface area contributed by atoms with Gasteiger partial charge in [0.1, 0.15) is 5.75 Å². The van der Waals surface area contributed by atoms with Crippen LogP contribution < -0.4 is 10.1 Å². The monoisotopic (exact) mass is 327 g/mol. The van der Waals surface area contributed by atoms with Crippen molar-refractivity contribution in [3.63, 3.8) is 0 Å². The third kappa shape index (κ3) is 4.79. The molecule has 1 atom stereocenters. The molecule has 0 bridgehead atoms. The van der Waals surface area contributed by atoms with Crippen LogP contribution in [0.25, 0.3) is 0 Å². The third-order valence-electron chi connectivity index (χ3n) is 3.49. The van der Waals surface area contributed by atoms with Gasteiger partial charge < -0.3 is 14.8 Å². The van der Waals surface area contributed by atoms with Gasteiger partial charge in [-0.1, -0.05) is 15.9 Å². The molecule has 1 unspecified atom stereocenters. The van der Waals surface area contributed by atoms with E-state index in [-0.39, 0.29) is 0 Å². The maximum atomic E-state index is 5.72. The summed E-state index contributed by atoms with van der Waals surface area (Å²) in [5.74, 6) is 0.899. The molecule has 1 aliphatic rings. The highest BCUT2D eigenvalue weighted by Gasteiger charge is 2.12. The highest BCUT2D eigenvalue weighted by atomic mass is 79.9. The van der Waals surface area contributed by atoms with E-state index in [1.807, 2.05) is 12.1 Å². The zero-order valence-corrected chi connectivity index (χ0v) is 13.0. The van der Waals surface area contributed by atoms with E-state index < -0.39 is 0 Å². The molecular weight excluding hydrogens is 306 g/mol. The molecule has 2 rings (SSSR count). The van der Waals surface area contributed by atoms with Gasteiger partial charge in [-0.3, -0.25) is 0 Å². The zero-order valence-electron chi connectivity index (χ0n) is 11.5. The molecule has 0 aliphatic carbocycles. The van der Waals surface area contributed by atoms with Crippen LogP contribution in [0, 0.1) is 0 Å². The summed E-state index contributed by atoms with van der Waals surface area (Å²) in [6, 6.07) is 6.05. The second-order valence-corrected chi connectivity index (χ2v) is 5.77. The number of hydrogen-bond donors (Lipinski definition) is 1. The lowest BCUT2D eigenvalue weighted by atomic mass is 10.1. The highest BCUT2D eigenvalue weighted by Crippen LogP contribution is 2.22. The van der Waals surface area contributed by atoms with E-state index in [1.165, 1.54) is 24.8 Å². The number of hydrogen-bond acceptors (Lipinski definition) is 3. The molecule has 0 saturated carbocycles. The summed E-state index contributed by atoms with van der Waals surface area (Å²) >= 11 is 3.57. The van der Waals surface area contributed by atoms with Gasteiger partial charge in [0.25, 0.3) is 0 Å². The molecule has 1 N–H and O–H groups in total. The number of rotatable bonds is 6. The maximum absolute atomic E-state index is 5.72. The van der Waals surface area contributed by atoms with Crippen LogP contribution in [0.1, 0.15) is 31.2 Å². The standard InChI is InChI=1S/C15H22BrNO2/c1-18-14-5-6-15(16)12(10-14)11-17-8-7-13-4-2-3-9-19-13/h5-6,10,13,17H,2-4,7-9,11H2,1H3. The molecular formula is C15H22BrNO2. The first-order valence-corrected chi connectivity index (χ1v) is 7.73. The van der Waals surface area contributed by atoms with Gasteiger partial charge in [-0.15, -0.1) is 0 Å². The van der Waals surface area contributed by atoms with E-state index in [0.29, 0.717) is 6.10 Å². The second-order valence-electron chi connectivity index (χ2n) is 4.91. The van der Waals surface area contributed by atoms with Crippen molar-refractivity contribution < 1.29 is 9.47 Å². The lowest BCUT2D eigenvalue weighted by molar-refractivity contribution is 0.0115. The van der Waals surface area contributed by atoms with Crippen molar-refractivity contribution in [3.05, 3.63) is 28.2 Å². The number of ether oxygens (including phenoxy) is 2. The van der Waals surface area contributed by atoms with Crippen LogP contribution in [0.3, 0.4) is 0 Å². The Balaban J connectivity index is 1.72. The SMILES string of the molecule is COc1ccc(Br)c(CNCCC2CCCCO2)c1. The first-order chi connectivity index (χ1) is 9.29. The quantitative estimate of drug-likeness (QED) is 0.811. The van der Waals surface area contributed by atoms with Gasteiger partial charge in [-0.2, -0.15) is 0 Å². The van der Waals surface area contributed by atoms with Crippen molar-refractivity contribution in [3.8, 4) is 5.75 Å². The van der Waals surface area contributed by atoms with Crippen molar-refractivity contribution in [2.45, 2.75) is 38.3 Å². The van der Waals surface area contributed by atoms with Crippen LogP contribution in [0.5, 0.6) is 5.75 Å². The largest absolute Gasteiger partial charge is 0.497 e. The van der Waals surface area contributed by atoms with Crippen LogP contribution in [0.15, 0.2) is 22.7 Å². The van der Waals surface area contributed by atoms with Crippen molar-refractivity contribution in [1.82, 2.24) is 5.32 Å². The minimum Gasteiger partial charge on any atom is -0.497 e. The molecule has 0 aromatic heterocycles. The van der Waals surface area contributed by atoms with Gasteiger partial charge in [0.05, 0.1) is 13.2 Å². The fourth-order valence-corrected chi connectivity index (χ4v) is 2.72. The topological polar surface area (TPSA) is 30.5 Å². The van der Waals surface area contributed by atoms with Gasteiger partial charge in [0, 0.05) is 17.6 Å². The first kappa shape index (κ1) is 14.8. The first-order valence-electron chi connectivity index (χ1n) is 6.94. The molecule has 1 fully saturated rings. The number of benzene rings is 1.